The SMILES string of the molecule is CCCc1nc(C(=O)Nc2ccc(=O)n(CC)c2)n[nH]1. The molecule has 0 saturated carbocycles. The van der Waals surface area contributed by atoms with Crippen LogP contribution in [0, 0.1) is 0 Å². The van der Waals surface area contributed by atoms with Crippen LogP contribution in [0.5, 0.6) is 0 Å². The van der Waals surface area contributed by atoms with Crippen molar-refractivity contribution in [3.8, 4) is 0 Å². The molecule has 0 aromatic carbocycles. The third-order valence-corrected chi connectivity index (χ3v) is 2.80. The van der Waals surface area contributed by atoms with Crippen molar-refractivity contribution in [2.75, 3.05) is 5.32 Å². The highest BCUT2D eigenvalue weighted by molar-refractivity contribution is 6.01. The molecule has 0 radical (unpaired) electrons. The Morgan fingerprint density at radius 1 is 1.40 bits per heavy atom. The average molecular weight is 275 g/mol. The third kappa shape index (κ3) is 3.11. The number of amides is 1. The molecular weight excluding hydrogens is 258 g/mol. The molecule has 7 heteroatoms. The number of anilines is 1. The van der Waals surface area contributed by atoms with Crippen molar-refractivity contribution in [2.24, 2.45) is 0 Å². The highest BCUT2D eigenvalue weighted by atomic mass is 16.2. The van der Waals surface area contributed by atoms with Crippen LogP contribution in [0.15, 0.2) is 23.1 Å². The lowest BCUT2D eigenvalue weighted by atomic mass is 10.3. The molecular formula is C13H17N5O2. The Morgan fingerprint density at radius 2 is 2.20 bits per heavy atom. The Kier molecular flexibility index (Phi) is 4.29. The van der Waals surface area contributed by atoms with Crippen molar-refractivity contribution in [3.05, 3.63) is 40.3 Å². The lowest BCUT2D eigenvalue weighted by Gasteiger charge is -2.06. The van der Waals surface area contributed by atoms with Crippen LogP contribution in [0.1, 0.15) is 36.7 Å². The normalized spacial score (nSPS) is 10.5. The number of nitrogens with one attached hydrogen (secondary N) is 2. The van der Waals surface area contributed by atoms with E-state index in [9.17, 15) is 9.59 Å². The molecule has 0 saturated heterocycles. The van der Waals surface area contributed by atoms with Gasteiger partial charge in [0.25, 0.3) is 11.5 Å². The van der Waals surface area contributed by atoms with Gasteiger partial charge in [0.2, 0.25) is 5.82 Å². The Morgan fingerprint density at radius 3 is 2.90 bits per heavy atom. The number of aromatic amines is 1. The van der Waals surface area contributed by atoms with E-state index in [0.29, 0.717) is 18.1 Å². The van der Waals surface area contributed by atoms with Crippen LogP contribution in [-0.2, 0) is 13.0 Å². The van der Waals surface area contributed by atoms with Crippen molar-refractivity contribution in [3.63, 3.8) is 0 Å². The molecule has 7 nitrogen and oxygen atoms in total. The number of carbonyl (C=O) groups is 1. The molecule has 0 bridgehead atoms. The zero-order chi connectivity index (χ0) is 14.5. The first-order valence-electron chi connectivity index (χ1n) is 6.57. The molecule has 1 amide bonds. The highest BCUT2D eigenvalue weighted by Crippen LogP contribution is 2.05. The maximum absolute atomic E-state index is 12.0. The molecule has 0 spiro atoms. The summed E-state index contributed by atoms with van der Waals surface area (Å²) >= 11 is 0. The second-order valence-corrected chi connectivity index (χ2v) is 4.35. The monoisotopic (exact) mass is 275 g/mol. The van der Waals surface area contributed by atoms with E-state index >= 15 is 0 Å². The second kappa shape index (κ2) is 6.14. The van der Waals surface area contributed by atoms with E-state index in [1.165, 1.54) is 10.6 Å². The van der Waals surface area contributed by atoms with Crippen LogP contribution >= 0.6 is 0 Å². The van der Waals surface area contributed by atoms with Gasteiger partial charge >= 0.3 is 0 Å². The minimum atomic E-state index is -0.398. The zero-order valence-corrected chi connectivity index (χ0v) is 11.5. The summed E-state index contributed by atoms with van der Waals surface area (Å²) in [7, 11) is 0. The van der Waals surface area contributed by atoms with Crippen LogP contribution < -0.4 is 10.9 Å². The van der Waals surface area contributed by atoms with Crippen molar-refractivity contribution in [1.82, 2.24) is 19.7 Å². The number of hydrogen-bond acceptors (Lipinski definition) is 4. The van der Waals surface area contributed by atoms with Gasteiger partial charge in [-0.2, -0.15) is 0 Å². The molecule has 0 unspecified atom stereocenters. The molecule has 0 atom stereocenters. The predicted molar refractivity (Wildman–Crippen MR) is 74.7 cm³/mol. The number of carbonyl (C=O) groups excluding carboxylic acids is 1. The van der Waals surface area contributed by atoms with Gasteiger partial charge in [-0.05, 0) is 19.4 Å². The molecule has 20 heavy (non-hydrogen) atoms. The average Bonchev–Trinajstić information content (AvgIpc) is 2.90. The lowest BCUT2D eigenvalue weighted by Crippen LogP contribution is -2.20. The van der Waals surface area contributed by atoms with Crippen LogP contribution in [0.4, 0.5) is 5.69 Å². The van der Waals surface area contributed by atoms with Gasteiger partial charge < -0.3 is 9.88 Å². The molecule has 2 aromatic rings. The molecule has 2 heterocycles. The first-order chi connectivity index (χ1) is 9.63. The third-order valence-electron chi connectivity index (χ3n) is 2.80. The summed E-state index contributed by atoms with van der Waals surface area (Å²) in [4.78, 5) is 27.5. The Balaban J connectivity index is 2.12. The van der Waals surface area contributed by atoms with E-state index in [1.807, 2.05) is 13.8 Å². The first-order valence-corrected chi connectivity index (χ1v) is 6.57. The number of hydrogen-bond donors (Lipinski definition) is 2. The van der Waals surface area contributed by atoms with Gasteiger partial charge in [-0.3, -0.25) is 14.7 Å². The maximum Gasteiger partial charge on any atom is 0.295 e. The fraction of sp³-hybridized carbons (Fsp3) is 0.385. The van der Waals surface area contributed by atoms with Crippen molar-refractivity contribution in [1.29, 1.82) is 0 Å². The summed E-state index contributed by atoms with van der Waals surface area (Å²) in [5, 5.41) is 9.27. The zero-order valence-electron chi connectivity index (χ0n) is 11.5. The van der Waals surface area contributed by atoms with Crippen LogP contribution in [0.25, 0.3) is 0 Å². The number of aromatic nitrogens is 4. The van der Waals surface area contributed by atoms with Crippen molar-refractivity contribution >= 4 is 11.6 Å². The van der Waals surface area contributed by atoms with Crippen molar-refractivity contribution < 1.29 is 4.79 Å². The van der Waals surface area contributed by atoms with E-state index in [-0.39, 0.29) is 11.4 Å². The van der Waals surface area contributed by atoms with Crippen LogP contribution in [0.3, 0.4) is 0 Å². The minimum Gasteiger partial charge on any atom is -0.318 e. The smallest absolute Gasteiger partial charge is 0.295 e. The fourth-order valence-corrected chi connectivity index (χ4v) is 1.78. The molecule has 0 aliphatic carbocycles. The van der Waals surface area contributed by atoms with Crippen LogP contribution in [-0.4, -0.2) is 25.7 Å². The summed E-state index contributed by atoms with van der Waals surface area (Å²) in [6.07, 6.45) is 3.28. The number of nitrogens with zero attached hydrogens (tertiary/aromatic N) is 3. The van der Waals surface area contributed by atoms with Gasteiger partial charge in [0.15, 0.2) is 0 Å². The van der Waals surface area contributed by atoms with E-state index in [4.69, 9.17) is 0 Å². The topological polar surface area (TPSA) is 92.7 Å². The molecule has 0 aliphatic rings. The van der Waals surface area contributed by atoms with E-state index in [1.54, 1.807) is 12.3 Å². The number of rotatable bonds is 5. The second-order valence-electron chi connectivity index (χ2n) is 4.35. The minimum absolute atomic E-state index is 0.0997. The quantitative estimate of drug-likeness (QED) is 0.857. The Hall–Kier alpha value is -2.44. The van der Waals surface area contributed by atoms with Gasteiger partial charge in [-0.1, -0.05) is 6.92 Å². The molecule has 106 valence electrons. The summed E-state index contributed by atoms with van der Waals surface area (Å²) in [6, 6.07) is 2.98. The molecule has 0 fully saturated rings. The maximum atomic E-state index is 12.0. The fourth-order valence-electron chi connectivity index (χ4n) is 1.78. The number of pyridine rings is 1. The molecule has 2 aromatic heterocycles. The van der Waals surface area contributed by atoms with Gasteiger partial charge in [0.05, 0.1) is 5.69 Å². The Labute approximate surface area is 116 Å². The Bertz CT molecular complexity index is 659. The van der Waals surface area contributed by atoms with Gasteiger partial charge in [-0.25, -0.2) is 4.98 Å². The van der Waals surface area contributed by atoms with Gasteiger partial charge in [0, 0.05) is 25.2 Å². The van der Waals surface area contributed by atoms with Crippen molar-refractivity contribution in [2.45, 2.75) is 33.2 Å². The molecule has 2 rings (SSSR count). The first kappa shape index (κ1) is 14.0. The summed E-state index contributed by atoms with van der Waals surface area (Å²) in [5.74, 6) is 0.392. The standard InChI is InChI=1S/C13H17N5O2/c1-3-5-10-15-12(17-16-10)13(20)14-9-6-7-11(19)18(4-2)8-9/h6-8H,3-5H2,1-2H3,(H,14,20)(H,15,16,17). The molecule has 0 aliphatic heterocycles. The van der Waals surface area contributed by atoms with E-state index < -0.39 is 5.91 Å². The number of aryl methyl sites for hydroxylation is 2. The van der Waals surface area contributed by atoms with E-state index in [2.05, 4.69) is 20.5 Å². The lowest BCUT2D eigenvalue weighted by molar-refractivity contribution is 0.101. The highest BCUT2D eigenvalue weighted by Gasteiger charge is 2.12. The van der Waals surface area contributed by atoms with Gasteiger partial charge in [-0.15, -0.1) is 5.10 Å². The molecule has 2 N–H and O–H groups in total. The summed E-state index contributed by atoms with van der Waals surface area (Å²) in [5.41, 5.74) is 0.437. The van der Waals surface area contributed by atoms with E-state index in [0.717, 1.165) is 12.8 Å². The largest absolute Gasteiger partial charge is 0.318 e. The summed E-state index contributed by atoms with van der Waals surface area (Å²) < 4.78 is 1.51. The van der Waals surface area contributed by atoms with Crippen LogP contribution in [0.2, 0.25) is 0 Å². The number of H-pyrrole nitrogens is 1. The predicted octanol–water partition coefficient (Wildman–Crippen LogP) is 1.19. The van der Waals surface area contributed by atoms with Gasteiger partial charge in [0.1, 0.15) is 5.82 Å². The summed E-state index contributed by atoms with van der Waals surface area (Å²) in [6.45, 7) is 4.43.